The van der Waals surface area contributed by atoms with Gasteiger partial charge in [0.15, 0.2) is 0 Å². The normalized spacial score (nSPS) is 22.6. The molecule has 4 nitrogen and oxygen atoms in total. The Kier molecular flexibility index (Phi) is 4.65. The number of carbonyl (C=O) groups is 1. The second-order valence-electron chi connectivity index (χ2n) is 5.71. The summed E-state index contributed by atoms with van der Waals surface area (Å²) in [6.07, 6.45) is 4.33. The Hall–Kier alpha value is -1.55. The number of phenols is 1. The molecule has 1 saturated carbocycles. The number of aromatic hydroxyl groups is 1. The molecule has 2 rings (SSSR count). The highest BCUT2D eigenvalue weighted by Crippen LogP contribution is 2.24. The molecule has 1 aromatic rings. The molecule has 110 valence electrons. The van der Waals surface area contributed by atoms with Crippen LogP contribution < -0.4 is 5.32 Å². The van der Waals surface area contributed by atoms with Gasteiger partial charge in [0.2, 0.25) is 0 Å². The Morgan fingerprint density at radius 3 is 2.50 bits per heavy atom. The fourth-order valence-corrected chi connectivity index (χ4v) is 3.00. The summed E-state index contributed by atoms with van der Waals surface area (Å²) in [5.41, 5.74) is 1.51. The van der Waals surface area contributed by atoms with Gasteiger partial charge in [-0.3, -0.25) is 4.79 Å². The first-order valence-corrected chi connectivity index (χ1v) is 7.27. The van der Waals surface area contributed by atoms with E-state index in [1.165, 1.54) is 0 Å². The summed E-state index contributed by atoms with van der Waals surface area (Å²) in [6.45, 7) is 1.86. The van der Waals surface area contributed by atoms with Gasteiger partial charge in [-0.2, -0.15) is 0 Å². The number of phenolic OH excluding ortho intramolecular Hbond substituents is 1. The third-order valence-corrected chi connectivity index (χ3v) is 4.41. The standard InChI is InChI=1S/C16H24N2O2/c1-11-10-14(19)8-9-15(11)16(20)18(3)13-6-4-12(17-2)5-7-13/h8-10,12-13,17,19H,4-7H2,1-3H3. The third-order valence-electron chi connectivity index (χ3n) is 4.41. The van der Waals surface area contributed by atoms with Crippen molar-refractivity contribution in [2.75, 3.05) is 14.1 Å². The zero-order valence-corrected chi connectivity index (χ0v) is 12.5. The molecule has 1 fully saturated rings. The van der Waals surface area contributed by atoms with E-state index in [1.54, 1.807) is 18.2 Å². The second kappa shape index (κ2) is 6.27. The number of carbonyl (C=O) groups excluding carboxylic acids is 1. The van der Waals surface area contributed by atoms with Crippen LogP contribution in [-0.2, 0) is 0 Å². The van der Waals surface area contributed by atoms with Crippen LogP contribution in [0.5, 0.6) is 5.75 Å². The molecule has 1 aromatic carbocycles. The zero-order valence-electron chi connectivity index (χ0n) is 12.5. The van der Waals surface area contributed by atoms with Crippen LogP contribution in [0.3, 0.4) is 0 Å². The van der Waals surface area contributed by atoms with Crippen molar-refractivity contribution in [1.29, 1.82) is 0 Å². The fourth-order valence-electron chi connectivity index (χ4n) is 3.00. The van der Waals surface area contributed by atoms with E-state index in [1.807, 2.05) is 25.9 Å². The lowest BCUT2D eigenvalue weighted by Crippen LogP contribution is -2.42. The van der Waals surface area contributed by atoms with Crippen LogP contribution in [0.15, 0.2) is 18.2 Å². The van der Waals surface area contributed by atoms with E-state index in [2.05, 4.69) is 5.32 Å². The minimum Gasteiger partial charge on any atom is -0.508 e. The highest BCUT2D eigenvalue weighted by atomic mass is 16.3. The summed E-state index contributed by atoms with van der Waals surface area (Å²) in [4.78, 5) is 14.4. The van der Waals surface area contributed by atoms with Gasteiger partial charge in [-0.1, -0.05) is 0 Å². The molecule has 2 N–H and O–H groups in total. The third kappa shape index (κ3) is 3.12. The lowest BCUT2D eigenvalue weighted by atomic mass is 9.90. The molecule has 0 aromatic heterocycles. The van der Waals surface area contributed by atoms with E-state index in [4.69, 9.17) is 0 Å². The number of amides is 1. The van der Waals surface area contributed by atoms with Crippen LogP contribution in [0.2, 0.25) is 0 Å². The van der Waals surface area contributed by atoms with E-state index >= 15 is 0 Å². The van der Waals surface area contributed by atoms with Gasteiger partial charge in [0.1, 0.15) is 5.75 Å². The molecule has 0 heterocycles. The molecule has 0 bridgehead atoms. The average molecular weight is 276 g/mol. The minimum atomic E-state index is 0.0513. The summed E-state index contributed by atoms with van der Waals surface area (Å²) >= 11 is 0. The van der Waals surface area contributed by atoms with Crippen LogP contribution in [0.25, 0.3) is 0 Å². The first kappa shape index (κ1) is 14.9. The van der Waals surface area contributed by atoms with Crippen LogP contribution in [0.1, 0.15) is 41.6 Å². The highest BCUT2D eigenvalue weighted by Gasteiger charge is 2.26. The van der Waals surface area contributed by atoms with E-state index in [-0.39, 0.29) is 11.7 Å². The Labute approximate surface area is 120 Å². The van der Waals surface area contributed by atoms with Gasteiger partial charge in [-0.15, -0.1) is 0 Å². The predicted octanol–water partition coefficient (Wildman–Crippen LogP) is 2.30. The van der Waals surface area contributed by atoms with Gasteiger partial charge in [0.05, 0.1) is 0 Å². The number of aryl methyl sites for hydroxylation is 1. The average Bonchev–Trinajstić information content (AvgIpc) is 2.46. The minimum absolute atomic E-state index is 0.0513. The number of hydrogen-bond donors (Lipinski definition) is 2. The van der Waals surface area contributed by atoms with E-state index in [0.29, 0.717) is 17.6 Å². The van der Waals surface area contributed by atoms with Crippen molar-refractivity contribution in [1.82, 2.24) is 10.2 Å². The summed E-state index contributed by atoms with van der Waals surface area (Å²) in [7, 11) is 3.89. The molecule has 1 aliphatic carbocycles. The van der Waals surface area contributed by atoms with Crippen molar-refractivity contribution in [2.45, 2.75) is 44.7 Å². The van der Waals surface area contributed by atoms with Gasteiger partial charge < -0.3 is 15.3 Å². The number of nitrogens with one attached hydrogen (secondary N) is 1. The van der Waals surface area contributed by atoms with Crippen LogP contribution in [-0.4, -0.2) is 42.1 Å². The van der Waals surface area contributed by atoms with Crippen molar-refractivity contribution >= 4 is 5.91 Å². The van der Waals surface area contributed by atoms with Gasteiger partial charge >= 0.3 is 0 Å². The van der Waals surface area contributed by atoms with Crippen LogP contribution in [0, 0.1) is 6.92 Å². The Bertz CT molecular complexity index is 479. The maximum absolute atomic E-state index is 12.6. The van der Waals surface area contributed by atoms with Crippen molar-refractivity contribution < 1.29 is 9.90 Å². The van der Waals surface area contributed by atoms with E-state index < -0.39 is 0 Å². The summed E-state index contributed by atoms with van der Waals surface area (Å²) in [5.74, 6) is 0.256. The molecule has 0 radical (unpaired) electrons. The highest BCUT2D eigenvalue weighted by molar-refractivity contribution is 5.95. The van der Waals surface area contributed by atoms with E-state index in [9.17, 15) is 9.90 Å². The monoisotopic (exact) mass is 276 g/mol. The quantitative estimate of drug-likeness (QED) is 0.890. The molecule has 0 saturated heterocycles. The van der Waals surface area contributed by atoms with Crippen LogP contribution in [0.4, 0.5) is 0 Å². The molecule has 0 spiro atoms. The molecule has 1 aliphatic rings. The topological polar surface area (TPSA) is 52.6 Å². The lowest BCUT2D eigenvalue weighted by Gasteiger charge is -2.34. The number of hydrogen-bond acceptors (Lipinski definition) is 3. The largest absolute Gasteiger partial charge is 0.508 e. The smallest absolute Gasteiger partial charge is 0.254 e. The van der Waals surface area contributed by atoms with Crippen molar-refractivity contribution in [3.8, 4) is 5.75 Å². The molecule has 1 amide bonds. The number of rotatable bonds is 3. The molecule has 0 atom stereocenters. The zero-order chi connectivity index (χ0) is 14.7. The number of nitrogens with zero attached hydrogens (tertiary/aromatic N) is 1. The van der Waals surface area contributed by atoms with Gasteiger partial charge in [-0.25, -0.2) is 0 Å². The molecule has 20 heavy (non-hydrogen) atoms. The Balaban J connectivity index is 2.05. The van der Waals surface area contributed by atoms with Gasteiger partial charge in [0.25, 0.3) is 5.91 Å². The van der Waals surface area contributed by atoms with E-state index in [0.717, 1.165) is 31.2 Å². The maximum Gasteiger partial charge on any atom is 0.254 e. The van der Waals surface area contributed by atoms with Crippen molar-refractivity contribution in [3.63, 3.8) is 0 Å². The fraction of sp³-hybridized carbons (Fsp3) is 0.562. The summed E-state index contributed by atoms with van der Waals surface area (Å²) in [5, 5.41) is 12.7. The lowest BCUT2D eigenvalue weighted by molar-refractivity contribution is 0.0685. The molecule has 0 aliphatic heterocycles. The van der Waals surface area contributed by atoms with Gasteiger partial charge in [-0.05, 0) is 63.4 Å². The summed E-state index contributed by atoms with van der Waals surface area (Å²) < 4.78 is 0. The number of benzene rings is 1. The Morgan fingerprint density at radius 2 is 1.95 bits per heavy atom. The SMILES string of the molecule is CNC1CCC(N(C)C(=O)c2ccc(O)cc2C)CC1. The molecular weight excluding hydrogens is 252 g/mol. The van der Waals surface area contributed by atoms with Crippen molar-refractivity contribution in [2.24, 2.45) is 0 Å². The second-order valence-corrected chi connectivity index (χ2v) is 5.71. The van der Waals surface area contributed by atoms with Gasteiger partial charge in [0, 0.05) is 24.7 Å². The van der Waals surface area contributed by atoms with Crippen LogP contribution >= 0.6 is 0 Å². The molecule has 0 unspecified atom stereocenters. The summed E-state index contributed by atoms with van der Waals surface area (Å²) in [6, 6.07) is 5.83. The van der Waals surface area contributed by atoms with Crippen molar-refractivity contribution in [3.05, 3.63) is 29.3 Å². The first-order chi connectivity index (χ1) is 9.52. The predicted molar refractivity (Wildman–Crippen MR) is 80.0 cm³/mol. The first-order valence-electron chi connectivity index (χ1n) is 7.27. The Morgan fingerprint density at radius 1 is 1.30 bits per heavy atom. The molecular formula is C16H24N2O2. The molecule has 4 heteroatoms. The maximum atomic E-state index is 12.6.